The Morgan fingerprint density at radius 1 is 1.29 bits per heavy atom. The van der Waals surface area contributed by atoms with Crippen LogP contribution in [0.15, 0.2) is 0 Å². The minimum Gasteiger partial charge on any atom is -0.365 e. The lowest BCUT2D eigenvalue weighted by Gasteiger charge is -2.21. The zero-order valence-corrected chi connectivity index (χ0v) is 9.18. The number of hydrogen-bond donors (Lipinski definition) is 1. The molecule has 1 fully saturated rings. The summed E-state index contributed by atoms with van der Waals surface area (Å²) in [5.74, 6) is 6.09. The fraction of sp³-hybridized carbons (Fsp3) is 0.818. The van der Waals surface area contributed by atoms with Crippen LogP contribution in [0, 0.1) is 11.8 Å². The smallest absolute Gasteiger partial charge is 0.108 e. The number of nitrogens with zero attached hydrogens (tertiary/aromatic N) is 1. The number of nitrogens with one attached hydrogen (secondary N) is 1. The van der Waals surface area contributed by atoms with Gasteiger partial charge in [0.05, 0.1) is 12.6 Å². The molecule has 80 valence electrons. The second-order valence-electron chi connectivity index (χ2n) is 3.85. The zero-order valence-electron chi connectivity index (χ0n) is 9.18. The van der Waals surface area contributed by atoms with Crippen LogP contribution in [0.2, 0.25) is 0 Å². The van der Waals surface area contributed by atoms with Gasteiger partial charge in [-0.2, -0.15) is 0 Å². The van der Waals surface area contributed by atoms with Gasteiger partial charge in [0.2, 0.25) is 0 Å². The summed E-state index contributed by atoms with van der Waals surface area (Å²) in [6.45, 7) is 3.56. The molecule has 0 unspecified atom stereocenters. The summed E-state index contributed by atoms with van der Waals surface area (Å²) in [6, 6.07) is 0. The van der Waals surface area contributed by atoms with Gasteiger partial charge >= 0.3 is 0 Å². The molecule has 1 rings (SSSR count). The van der Waals surface area contributed by atoms with E-state index >= 15 is 0 Å². The number of piperidine rings is 1. The van der Waals surface area contributed by atoms with Crippen LogP contribution in [0.3, 0.4) is 0 Å². The van der Waals surface area contributed by atoms with E-state index < -0.39 is 0 Å². The van der Waals surface area contributed by atoms with Gasteiger partial charge in [-0.1, -0.05) is 11.8 Å². The quantitative estimate of drug-likeness (QED) is 0.658. The molecule has 0 aliphatic carbocycles. The van der Waals surface area contributed by atoms with E-state index in [-0.39, 0.29) is 0 Å². The molecule has 3 heteroatoms. The Balaban J connectivity index is 2.03. The lowest BCUT2D eigenvalue weighted by molar-refractivity contribution is 0.0547. The van der Waals surface area contributed by atoms with Crippen molar-refractivity contribution in [3.63, 3.8) is 0 Å². The molecule has 0 saturated carbocycles. The van der Waals surface area contributed by atoms with E-state index in [0.717, 1.165) is 32.5 Å². The highest BCUT2D eigenvalue weighted by Gasteiger charge is 2.11. The molecular weight excluding hydrogens is 176 g/mol. The molecule has 1 heterocycles. The van der Waals surface area contributed by atoms with Gasteiger partial charge in [0, 0.05) is 0 Å². The lowest BCUT2D eigenvalue weighted by Crippen LogP contribution is -2.32. The number of ether oxygens (including phenoxy) is 1. The maximum absolute atomic E-state index is 5.63. The fourth-order valence-electron chi connectivity index (χ4n) is 1.39. The molecule has 1 aliphatic heterocycles. The van der Waals surface area contributed by atoms with Gasteiger partial charge in [-0.15, -0.1) is 0 Å². The Labute approximate surface area is 86.8 Å². The molecule has 1 N–H and O–H groups in total. The van der Waals surface area contributed by atoms with Crippen molar-refractivity contribution in [2.24, 2.45) is 0 Å². The van der Waals surface area contributed by atoms with Gasteiger partial charge in [-0.05, 0) is 40.0 Å². The summed E-state index contributed by atoms with van der Waals surface area (Å²) in [7, 11) is 4.03. The van der Waals surface area contributed by atoms with Crippen LogP contribution < -0.4 is 5.32 Å². The summed E-state index contributed by atoms with van der Waals surface area (Å²) in [5, 5.41) is 3.31. The molecule has 0 radical (unpaired) electrons. The first-order valence-corrected chi connectivity index (χ1v) is 5.22. The Bertz CT molecular complexity index is 199. The summed E-state index contributed by atoms with van der Waals surface area (Å²) in [4.78, 5) is 2.05. The third-order valence-electron chi connectivity index (χ3n) is 2.20. The summed E-state index contributed by atoms with van der Waals surface area (Å²) in [5.41, 5.74) is 0. The molecule has 0 bridgehead atoms. The average Bonchev–Trinajstić information content (AvgIpc) is 2.18. The van der Waals surface area contributed by atoms with E-state index in [1.165, 1.54) is 0 Å². The van der Waals surface area contributed by atoms with E-state index in [1.54, 1.807) is 0 Å². The van der Waals surface area contributed by atoms with Crippen LogP contribution in [0.5, 0.6) is 0 Å². The van der Waals surface area contributed by atoms with Crippen molar-refractivity contribution in [1.82, 2.24) is 10.2 Å². The van der Waals surface area contributed by atoms with Gasteiger partial charge in [-0.3, -0.25) is 4.90 Å². The van der Waals surface area contributed by atoms with E-state index in [0.29, 0.717) is 12.7 Å². The van der Waals surface area contributed by atoms with Crippen LogP contribution in [-0.4, -0.2) is 51.3 Å². The summed E-state index contributed by atoms with van der Waals surface area (Å²) >= 11 is 0. The van der Waals surface area contributed by atoms with Gasteiger partial charge in [0.15, 0.2) is 0 Å². The van der Waals surface area contributed by atoms with Crippen LogP contribution in [-0.2, 0) is 4.74 Å². The van der Waals surface area contributed by atoms with Crippen molar-refractivity contribution in [2.75, 3.05) is 40.3 Å². The molecule has 14 heavy (non-hydrogen) atoms. The molecule has 0 aromatic heterocycles. The van der Waals surface area contributed by atoms with E-state index in [2.05, 4.69) is 22.1 Å². The molecule has 0 aromatic rings. The Morgan fingerprint density at radius 3 is 2.64 bits per heavy atom. The first-order chi connectivity index (χ1) is 6.79. The fourth-order valence-corrected chi connectivity index (χ4v) is 1.39. The maximum Gasteiger partial charge on any atom is 0.108 e. The number of rotatable bonds is 3. The molecule has 3 nitrogen and oxygen atoms in total. The Morgan fingerprint density at radius 2 is 2.00 bits per heavy atom. The van der Waals surface area contributed by atoms with Crippen molar-refractivity contribution in [1.29, 1.82) is 0 Å². The topological polar surface area (TPSA) is 24.5 Å². The third kappa shape index (κ3) is 5.23. The van der Waals surface area contributed by atoms with Crippen molar-refractivity contribution in [2.45, 2.75) is 18.9 Å². The first-order valence-electron chi connectivity index (χ1n) is 5.22. The van der Waals surface area contributed by atoms with Gasteiger partial charge in [0.25, 0.3) is 0 Å². The monoisotopic (exact) mass is 196 g/mol. The Hall–Kier alpha value is -0.560. The van der Waals surface area contributed by atoms with Gasteiger partial charge in [0.1, 0.15) is 6.61 Å². The summed E-state index contributed by atoms with van der Waals surface area (Å²) in [6.07, 6.45) is 2.66. The molecular formula is C11H20N2O. The van der Waals surface area contributed by atoms with Crippen molar-refractivity contribution in [3.05, 3.63) is 0 Å². The van der Waals surface area contributed by atoms with Crippen LogP contribution in [0.25, 0.3) is 0 Å². The molecule has 1 saturated heterocycles. The van der Waals surface area contributed by atoms with Crippen molar-refractivity contribution >= 4 is 0 Å². The van der Waals surface area contributed by atoms with Crippen LogP contribution in [0.4, 0.5) is 0 Å². The van der Waals surface area contributed by atoms with E-state index in [4.69, 9.17) is 4.74 Å². The predicted octanol–water partition coefficient (Wildman–Crippen LogP) is 0.320. The largest absolute Gasteiger partial charge is 0.365 e. The normalized spacial score (nSPS) is 17.9. The second kappa shape index (κ2) is 6.83. The SMILES string of the molecule is CN(C)CC#CCOC1CCNCC1. The highest BCUT2D eigenvalue weighted by molar-refractivity contribution is 5.01. The van der Waals surface area contributed by atoms with Crippen molar-refractivity contribution < 1.29 is 4.74 Å². The summed E-state index contributed by atoms with van der Waals surface area (Å²) < 4.78 is 5.63. The van der Waals surface area contributed by atoms with Gasteiger partial charge < -0.3 is 10.1 Å². The zero-order chi connectivity index (χ0) is 10.2. The third-order valence-corrected chi connectivity index (χ3v) is 2.20. The predicted molar refractivity (Wildman–Crippen MR) is 58.2 cm³/mol. The van der Waals surface area contributed by atoms with Crippen LogP contribution >= 0.6 is 0 Å². The molecule has 1 aliphatic rings. The minimum absolute atomic E-state index is 0.421. The van der Waals surface area contributed by atoms with Crippen LogP contribution in [0.1, 0.15) is 12.8 Å². The maximum atomic E-state index is 5.63. The first kappa shape index (κ1) is 11.5. The second-order valence-corrected chi connectivity index (χ2v) is 3.85. The molecule has 0 amide bonds. The molecule has 0 spiro atoms. The molecule has 0 aromatic carbocycles. The van der Waals surface area contributed by atoms with Crippen molar-refractivity contribution in [3.8, 4) is 11.8 Å². The Kier molecular flexibility index (Phi) is 5.62. The average molecular weight is 196 g/mol. The highest BCUT2D eigenvalue weighted by Crippen LogP contribution is 2.05. The van der Waals surface area contributed by atoms with E-state index in [9.17, 15) is 0 Å². The molecule has 0 atom stereocenters. The minimum atomic E-state index is 0.421. The lowest BCUT2D eigenvalue weighted by atomic mass is 10.1. The highest BCUT2D eigenvalue weighted by atomic mass is 16.5. The van der Waals surface area contributed by atoms with E-state index in [1.807, 2.05) is 14.1 Å². The standard InChI is InChI=1S/C11H20N2O/c1-13(2)9-3-4-10-14-11-5-7-12-8-6-11/h11-12H,5-10H2,1-2H3. The number of hydrogen-bond acceptors (Lipinski definition) is 3. The van der Waals surface area contributed by atoms with Gasteiger partial charge in [-0.25, -0.2) is 0 Å².